The number of hydrogen-bond donors (Lipinski definition) is 0. The van der Waals surface area contributed by atoms with E-state index in [1.54, 1.807) is 0 Å². The molecule has 0 aliphatic rings. The molecule has 0 aromatic heterocycles. The lowest BCUT2D eigenvalue weighted by molar-refractivity contribution is -0.167. The van der Waals surface area contributed by atoms with E-state index in [1.165, 1.54) is 19.3 Å². The molecule has 6 nitrogen and oxygen atoms in total. The predicted molar refractivity (Wildman–Crippen MR) is 251 cm³/mol. The average Bonchev–Trinajstić information content (AvgIpc) is 3.23. The Morgan fingerprint density at radius 2 is 0.695 bits per heavy atom. The van der Waals surface area contributed by atoms with Gasteiger partial charge in [0.25, 0.3) is 0 Å². The first-order chi connectivity index (χ1) is 29.0. The molecule has 328 valence electrons. The van der Waals surface area contributed by atoms with Crippen molar-refractivity contribution in [3.05, 3.63) is 134 Å². The minimum atomic E-state index is -0.819. The lowest BCUT2D eigenvalue weighted by Crippen LogP contribution is -2.30. The van der Waals surface area contributed by atoms with Gasteiger partial charge in [-0.25, -0.2) is 0 Å². The topological polar surface area (TPSA) is 78.9 Å². The summed E-state index contributed by atoms with van der Waals surface area (Å²) in [5.74, 6) is -1.03. The molecule has 6 heteroatoms. The molecule has 0 bridgehead atoms. The van der Waals surface area contributed by atoms with Crippen molar-refractivity contribution in [2.24, 2.45) is 0 Å². The molecule has 0 aliphatic carbocycles. The molecular weight excluding hydrogens is 733 g/mol. The normalized spacial score (nSPS) is 13.3. The van der Waals surface area contributed by atoms with E-state index in [9.17, 15) is 14.4 Å². The van der Waals surface area contributed by atoms with Crippen LogP contribution < -0.4 is 0 Å². The highest BCUT2D eigenvalue weighted by Crippen LogP contribution is 2.12. The number of unbranched alkanes of at least 4 members (excludes halogenated alkanes) is 12. The molecule has 0 N–H and O–H groups in total. The van der Waals surface area contributed by atoms with Gasteiger partial charge in [0.15, 0.2) is 6.10 Å². The van der Waals surface area contributed by atoms with Crippen LogP contribution in [0.2, 0.25) is 0 Å². The van der Waals surface area contributed by atoms with Gasteiger partial charge >= 0.3 is 17.9 Å². The molecule has 1 unspecified atom stereocenters. The third kappa shape index (κ3) is 44.5. The largest absolute Gasteiger partial charge is 0.462 e. The average molecular weight is 813 g/mol. The SMILES string of the molecule is CC\C=C/C=C\C=C/C=C\C=C\C=C/CCCCCC(=O)OCC(COC(=O)CCCC/C=C\C/C=C\CC)OC(=O)CCCCCCCCC\C=C/C=C\C=C/CC. The number of rotatable bonds is 38. The monoisotopic (exact) mass is 813 g/mol. The van der Waals surface area contributed by atoms with Gasteiger partial charge in [0, 0.05) is 19.3 Å². The zero-order valence-corrected chi connectivity index (χ0v) is 37.2. The Morgan fingerprint density at radius 1 is 0.356 bits per heavy atom. The van der Waals surface area contributed by atoms with Crippen LogP contribution in [0.1, 0.15) is 162 Å². The summed E-state index contributed by atoms with van der Waals surface area (Å²) < 4.78 is 16.6. The lowest BCUT2D eigenvalue weighted by atomic mass is 10.1. The molecule has 1 atom stereocenters. The highest BCUT2D eigenvalue weighted by atomic mass is 16.6. The van der Waals surface area contributed by atoms with Crippen molar-refractivity contribution in [2.75, 3.05) is 13.2 Å². The Bertz CT molecular complexity index is 1350. The Labute approximate surface area is 360 Å². The molecule has 0 heterocycles. The van der Waals surface area contributed by atoms with Crippen LogP contribution in [0.25, 0.3) is 0 Å². The summed E-state index contributed by atoms with van der Waals surface area (Å²) in [5, 5.41) is 0. The van der Waals surface area contributed by atoms with Crippen LogP contribution in [0.4, 0.5) is 0 Å². The summed E-state index contributed by atoms with van der Waals surface area (Å²) in [5.41, 5.74) is 0. The second kappa shape index (κ2) is 46.2. The molecule has 0 aromatic rings. The van der Waals surface area contributed by atoms with Gasteiger partial charge in [-0.3, -0.25) is 14.4 Å². The smallest absolute Gasteiger partial charge is 0.306 e. The molecule has 0 amide bonds. The maximum Gasteiger partial charge on any atom is 0.306 e. The first-order valence-corrected chi connectivity index (χ1v) is 22.8. The molecule has 0 aliphatic heterocycles. The second-order valence-electron chi connectivity index (χ2n) is 14.4. The molecule has 0 saturated heterocycles. The third-order valence-corrected chi connectivity index (χ3v) is 8.85. The van der Waals surface area contributed by atoms with Crippen molar-refractivity contribution in [1.82, 2.24) is 0 Å². The summed E-state index contributed by atoms with van der Waals surface area (Å²) >= 11 is 0. The van der Waals surface area contributed by atoms with Gasteiger partial charge in [-0.05, 0) is 83.5 Å². The Morgan fingerprint density at radius 3 is 1.19 bits per heavy atom. The van der Waals surface area contributed by atoms with Crippen LogP contribution in [0.5, 0.6) is 0 Å². The van der Waals surface area contributed by atoms with Gasteiger partial charge < -0.3 is 14.2 Å². The number of ether oxygens (including phenoxy) is 3. The molecule has 0 saturated carbocycles. The number of allylic oxidation sites excluding steroid dienone is 22. The van der Waals surface area contributed by atoms with Gasteiger partial charge in [0.1, 0.15) is 13.2 Å². The summed E-state index contributed by atoms with van der Waals surface area (Å²) in [6.45, 7) is 6.12. The highest BCUT2D eigenvalue weighted by Gasteiger charge is 2.19. The van der Waals surface area contributed by atoms with Crippen LogP contribution in [0, 0.1) is 0 Å². The van der Waals surface area contributed by atoms with Crippen molar-refractivity contribution in [3.8, 4) is 0 Å². The fraction of sp³-hybridized carbons (Fsp3) is 0.528. The van der Waals surface area contributed by atoms with E-state index in [0.29, 0.717) is 19.3 Å². The lowest BCUT2D eigenvalue weighted by Gasteiger charge is -2.18. The number of carbonyl (C=O) groups excluding carboxylic acids is 3. The zero-order chi connectivity index (χ0) is 43.0. The van der Waals surface area contributed by atoms with Gasteiger partial charge in [-0.2, -0.15) is 0 Å². The number of hydrogen-bond acceptors (Lipinski definition) is 6. The third-order valence-electron chi connectivity index (χ3n) is 8.85. The standard InChI is InChI=1S/C53H80O6/c1-4-7-10-13-16-19-21-23-25-26-28-29-31-34-37-40-43-46-52(55)58-49-50(48-57-51(54)45-42-39-36-33-18-15-12-9-6-3)59-53(56)47-44-41-38-35-32-30-27-24-22-20-17-14-11-8-5-2/h7-14,16-23,25-26,28-29,31,33,50H,4-6,15,24,27,30,32,34-49H2,1-3H3/b10-7-,11-8-,12-9-,16-13-,17-14-,21-19-,22-20-,25-23-,28-26+,31-29-,33-18-. The van der Waals surface area contributed by atoms with Crippen LogP contribution >= 0.6 is 0 Å². The maximum absolute atomic E-state index is 12.7. The van der Waals surface area contributed by atoms with E-state index in [1.807, 2.05) is 60.8 Å². The van der Waals surface area contributed by atoms with E-state index in [0.717, 1.165) is 103 Å². The maximum atomic E-state index is 12.7. The Hall–Kier alpha value is -4.45. The van der Waals surface area contributed by atoms with Crippen molar-refractivity contribution in [1.29, 1.82) is 0 Å². The van der Waals surface area contributed by atoms with Gasteiger partial charge in [0.2, 0.25) is 0 Å². The van der Waals surface area contributed by atoms with E-state index in [4.69, 9.17) is 14.2 Å². The molecule has 0 fully saturated rings. The summed E-state index contributed by atoms with van der Waals surface area (Å²) in [7, 11) is 0. The first-order valence-electron chi connectivity index (χ1n) is 22.8. The molecule has 0 spiro atoms. The first kappa shape index (κ1) is 54.6. The van der Waals surface area contributed by atoms with Crippen LogP contribution in [0.3, 0.4) is 0 Å². The van der Waals surface area contributed by atoms with Gasteiger partial charge in [0.05, 0.1) is 0 Å². The van der Waals surface area contributed by atoms with Crippen LogP contribution in [0.15, 0.2) is 134 Å². The quantitative estimate of drug-likeness (QED) is 0.0203. The van der Waals surface area contributed by atoms with Crippen LogP contribution in [-0.2, 0) is 28.6 Å². The van der Waals surface area contributed by atoms with Gasteiger partial charge in [-0.1, -0.05) is 193 Å². The fourth-order valence-electron chi connectivity index (χ4n) is 5.51. The van der Waals surface area contributed by atoms with E-state index in [-0.39, 0.29) is 31.1 Å². The molecule has 0 aromatic carbocycles. The number of esters is 3. The molecule has 59 heavy (non-hydrogen) atoms. The Balaban J connectivity index is 4.53. The highest BCUT2D eigenvalue weighted by molar-refractivity contribution is 5.71. The number of carbonyl (C=O) groups is 3. The van der Waals surface area contributed by atoms with E-state index in [2.05, 4.69) is 93.7 Å². The van der Waals surface area contributed by atoms with Crippen molar-refractivity contribution >= 4 is 17.9 Å². The van der Waals surface area contributed by atoms with Crippen molar-refractivity contribution in [2.45, 2.75) is 168 Å². The van der Waals surface area contributed by atoms with E-state index < -0.39 is 6.10 Å². The van der Waals surface area contributed by atoms with E-state index >= 15 is 0 Å². The summed E-state index contributed by atoms with van der Waals surface area (Å²) in [6.07, 6.45) is 64.4. The molecule has 0 radical (unpaired) electrons. The minimum Gasteiger partial charge on any atom is -0.462 e. The van der Waals surface area contributed by atoms with Gasteiger partial charge in [-0.15, -0.1) is 0 Å². The van der Waals surface area contributed by atoms with Crippen molar-refractivity contribution in [3.63, 3.8) is 0 Å². The van der Waals surface area contributed by atoms with Crippen molar-refractivity contribution < 1.29 is 28.6 Å². The molecule has 0 rings (SSSR count). The second-order valence-corrected chi connectivity index (χ2v) is 14.4. The fourth-order valence-corrected chi connectivity index (χ4v) is 5.51. The zero-order valence-electron chi connectivity index (χ0n) is 37.2. The predicted octanol–water partition coefficient (Wildman–Crippen LogP) is 14.7. The minimum absolute atomic E-state index is 0.121. The Kier molecular flexibility index (Phi) is 42.8. The summed E-state index contributed by atoms with van der Waals surface area (Å²) in [4.78, 5) is 37.7. The molecular formula is C53H80O6. The van der Waals surface area contributed by atoms with Crippen LogP contribution in [-0.4, -0.2) is 37.2 Å². The summed E-state index contributed by atoms with van der Waals surface area (Å²) in [6, 6.07) is 0.